The Bertz CT molecular complexity index is 317. The Morgan fingerprint density at radius 2 is 1.93 bits per heavy atom. The molecule has 0 heterocycles. The second-order valence-electron chi connectivity index (χ2n) is 6.79. The van der Waals surface area contributed by atoms with Crippen molar-refractivity contribution in [3.05, 3.63) is 0 Å². The first kappa shape index (κ1) is 9.86. The fourth-order valence-electron chi connectivity index (χ4n) is 4.86. The van der Waals surface area contributed by atoms with Gasteiger partial charge in [-0.2, -0.15) is 0 Å². The van der Waals surface area contributed by atoms with E-state index in [9.17, 15) is 4.79 Å². The third-order valence-electron chi connectivity index (χ3n) is 6.12. The minimum atomic E-state index is -0.0191. The topological polar surface area (TPSA) is 17.1 Å². The van der Waals surface area contributed by atoms with Crippen LogP contribution in [0.3, 0.4) is 0 Å². The van der Waals surface area contributed by atoms with Gasteiger partial charge in [-0.3, -0.25) is 4.79 Å². The molecule has 0 amide bonds. The molecule has 1 heteroatoms. The molecule has 0 aromatic carbocycles. The van der Waals surface area contributed by atoms with Crippen molar-refractivity contribution in [2.75, 3.05) is 0 Å². The molecular formula is C14H22O. The molecule has 0 aromatic rings. The highest BCUT2D eigenvalue weighted by molar-refractivity contribution is 5.89. The molecule has 15 heavy (non-hydrogen) atoms. The van der Waals surface area contributed by atoms with E-state index in [1.54, 1.807) is 0 Å². The molecule has 3 fully saturated rings. The van der Waals surface area contributed by atoms with Crippen LogP contribution in [0, 0.1) is 28.6 Å². The van der Waals surface area contributed by atoms with Gasteiger partial charge in [0.2, 0.25) is 0 Å². The summed E-state index contributed by atoms with van der Waals surface area (Å²) in [5.74, 6) is 2.50. The van der Waals surface area contributed by atoms with Gasteiger partial charge in [0.1, 0.15) is 5.78 Å². The maximum absolute atomic E-state index is 12.5. The molecule has 1 nitrogen and oxygen atoms in total. The lowest BCUT2D eigenvalue weighted by molar-refractivity contribution is -0.142. The van der Waals surface area contributed by atoms with Gasteiger partial charge in [0.15, 0.2) is 0 Å². The van der Waals surface area contributed by atoms with Crippen molar-refractivity contribution in [2.45, 2.75) is 52.9 Å². The van der Waals surface area contributed by atoms with Gasteiger partial charge in [-0.25, -0.2) is 0 Å². The molecule has 0 aromatic heterocycles. The van der Waals surface area contributed by atoms with E-state index in [1.165, 1.54) is 32.1 Å². The van der Waals surface area contributed by atoms with Crippen molar-refractivity contribution < 1.29 is 4.79 Å². The Labute approximate surface area is 92.6 Å². The monoisotopic (exact) mass is 206 g/mol. The third kappa shape index (κ3) is 0.976. The van der Waals surface area contributed by atoms with Crippen LogP contribution in [0.1, 0.15) is 52.9 Å². The number of hydrogen-bond acceptors (Lipinski definition) is 1. The zero-order valence-electron chi connectivity index (χ0n) is 10.2. The van der Waals surface area contributed by atoms with Crippen LogP contribution in [0.5, 0.6) is 0 Å². The zero-order valence-corrected chi connectivity index (χ0v) is 10.2. The summed E-state index contributed by atoms with van der Waals surface area (Å²) in [5, 5.41) is 0. The molecule has 4 atom stereocenters. The first-order chi connectivity index (χ1) is 6.98. The van der Waals surface area contributed by atoms with Crippen LogP contribution in [-0.2, 0) is 4.79 Å². The van der Waals surface area contributed by atoms with Crippen molar-refractivity contribution in [3.63, 3.8) is 0 Å². The largest absolute Gasteiger partial charge is 0.299 e. The number of carbonyl (C=O) groups is 1. The van der Waals surface area contributed by atoms with Crippen LogP contribution in [0.15, 0.2) is 0 Å². The normalized spacial score (nSPS) is 51.9. The van der Waals surface area contributed by atoms with Crippen LogP contribution in [-0.4, -0.2) is 5.78 Å². The van der Waals surface area contributed by atoms with Gasteiger partial charge in [-0.05, 0) is 49.4 Å². The number of rotatable bonds is 0. The first-order valence-corrected chi connectivity index (χ1v) is 6.53. The quantitative estimate of drug-likeness (QED) is 0.593. The summed E-state index contributed by atoms with van der Waals surface area (Å²) in [6, 6.07) is 0. The lowest BCUT2D eigenvalue weighted by Crippen LogP contribution is -2.46. The maximum Gasteiger partial charge on any atom is 0.142 e. The van der Waals surface area contributed by atoms with Crippen molar-refractivity contribution in [3.8, 4) is 0 Å². The molecule has 0 saturated heterocycles. The molecular weight excluding hydrogens is 184 g/mol. The minimum Gasteiger partial charge on any atom is -0.299 e. The van der Waals surface area contributed by atoms with Gasteiger partial charge in [0, 0.05) is 11.3 Å². The van der Waals surface area contributed by atoms with Crippen LogP contribution in [0.25, 0.3) is 0 Å². The van der Waals surface area contributed by atoms with E-state index in [4.69, 9.17) is 0 Å². The summed E-state index contributed by atoms with van der Waals surface area (Å²) in [4.78, 5) is 12.5. The van der Waals surface area contributed by atoms with Gasteiger partial charge >= 0.3 is 0 Å². The van der Waals surface area contributed by atoms with Gasteiger partial charge in [-0.15, -0.1) is 0 Å². The molecule has 3 aliphatic rings. The van der Waals surface area contributed by atoms with Crippen molar-refractivity contribution in [1.82, 2.24) is 0 Å². The predicted molar refractivity (Wildman–Crippen MR) is 60.5 cm³/mol. The van der Waals surface area contributed by atoms with E-state index in [-0.39, 0.29) is 5.41 Å². The van der Waals surface area contributed by atoms with E-state index in [0.29, 0.717) is 23.0 Å². The lowest BCUT2D eigenvalue weighted by Gasteiger charge is -2.45. The van der Waals surface area contributed by atoms with Gasteiger partial charge < -0.3 is 0 Å². The second-order valence-corrected chi connectivity index (χ2v) is 6.79. The highest BCUT2D eigenvalue weighted by Crippen LogP contribution is 2.66. The van der Waals surface area contributed by atoms with E-state index >= 15 is 0 Å². The Balaban J connectivity index is 2.07. The summed E-state index contributed by atoms with van der Waals surface area (Å²) in [5.41, 5.74) is 0.423. The van der Waals surface area contributed by atoms with Crippen molar-refractivity contribution in [1.29, 1.82) is 0 Å². The van der Waals surface area contributed by atoms with Crippen LogP contribution in [0.2, 0.25) is 0 Å². The van der Waals surface area contributed by atoms with E-state index in [1.807, 2.05) is 0 Å². The summed E-state index contributed by atoms with van der Waals surface area (Å²) in [6.07, 6.45) is 6.45. The Kier molecular flexibility index (Phi) is 1.76. The second kappa shape index (κ2) is 2.67. The molecule has 3 aliphatic carbocycles. The molecule has 2 bridgehead atoms. The molecule has 0 unspecified atom stereocenters. The fourth-order valence-corrected chi connectivity index (χ4v) is 4.86. The maximum atomic E-state index is 12.5. The van der Waals surface area contributed by atoms with Crippen molar-refractivity contribution in [2.24, 2.45) is 28.6 Å². The highest BCUT2D eigenvalue weighted by Gasteiger charge is 2.63. The third-order valence-corrected chi connectivity index (χ3v) is 6.12. The van der Waals surface area contributed by atoms with E-state index in [2.05, 4.69) is 20.8 Å². The van der Waals surface area contributed by atoms with E-state index < -0.39 is 0 Å². The molecule has 3 saturated carbocycles. The number of carbonyl (C=O) groups excluding carboxylic acids is 1. The van der Waals surface area contributed by atoms with Gasteiger partial charge in [0.25, 0.3) is 0 Å². The summed E-state index contributed by atoms with van der Waals surface area (Å²) < 4.78 is 0. The average Bonchev–Trinajstić information content (AvgIpc) is 2.72. The molecule has 0 aliphatic heterocycles. The minimum absolute atomic E-state index is 0.0191. The Morgan fingerprint density at radius 3 is 2.67 bits per heavy atom. The SMILES string of the molecule is C[C@@H]1CC[C@@H]2C(=O)C(C)(C)[C@@H]3CC[C@]12C3. The van der Waals surface area contributed by atoms with Crippen LogP contribution >= 0.6 is 0 Å². The summed E-state index contributed by atoms with van der Waals surface area (Å²) in [6.45, 7) is 6.77. The smallest absolute Gasteiger partial charge is 0.142 e. The first-order valence-electron chi connectivity index (χ1n) is 6.53. The molecule has 0 radical (unpaired) electrons. The molecule has 3 rings (SSSR count). The highest BCUT2D eigenvalue weighted by atomic mass is 16.1. The number of Topliss-reactive ketones (excluding diaryl/α,β-unsaturated/α-hetero) is 1. The summed E-state index contributed by atoms with van der Waals surface area (Å²) >= 11 is 0. The molecule has 0 N–H and O–H groups in total. The summed E-state index contributed by atoms with van der Waals surface area (Å²) in [7, 11) is 0. The van der Waals surface area contributed by atoms with Gasteiger partial charge in [-0.1, -0.05) is 20.8 Å². The Hall–Kier alpha value is -0.330. The zero-order chi connectivity index (χ0) is 10.8. The standard InChI is InChI=1S/C14H22O/c1-9-4-5-11-12(15)13(2,3)10-6-7-14(9,11)8-10/h9-11H,4-8H2,1-3H3/t9-,10-,11-,14+/m1/s1. The Morgan fingerprint density at radius 1 is 1.20 bits per heavy atom. The number of fused-ring (bicyclic) bond motifs is 1. The average molecular weight is 206 g/mol. The lowest BCUT2D eigenvalue weighted by atomic mass is 9.58. The van der Waals surface area contributed by atoms with E-state index in [0.717, 1.165) is 5.92 Å². The number of ketones is 1. The predicted octanol–water partition coefficient (Wildman–Crippen LogP) is 3.43. The van der Waals surface area contributed by atoms with Crippen molar-refractivity contribution >= 4 is 5.78 Å². The van der Waals surface area contributed by atoms with Crippen LogP contribution < -0.4 is 0 Å². The number of hydrogen-bond donors (Lipinski definition) is 0. The van der Waals surface area contributed by atoms with Crippen LogP contribution in [0.4, 0.5) is 0 Å². The molecule has 1 spiro atoms. The molecule has 84 valence electrons. The van der Waals surface area contributed by atoms with Gasteiger partial charge in [0.05, 0.1) is 0 Å². The fraction of sp³-hybridized carbons (Fsp3) is 0.929.